The number of ether oxygens (including phenoxy) is 1. The van der Waals surface area contributed by atoms with Crippen LogP contribution in [0.1, 0.15) is 5.56 Å². The SMILES string of the molecule is COC(=O)[C@@H]1Cc2ccccc2NC1=O. The predicted molar refractivity (Wildman–Crippen MR) is 54.3 cm³/mol. The molecule has 1 aliphatic rings. The van der Waals surface area contributed by atoms with Gasteiger partial charge in [-0.2, -0.15) is 0 Å². The van der Waals surface area contributed by atoms with Crippen molar-refractivity contribution in [2.24, 2.45) is 5.92 Å². The van der Waals surface area contributed by atoms with Gasteiger partial charge in [0.1, 0.15) is 5.92 Å². The minimum Gasteiger partial charge on any atom is -0.468 e. The molecule has 1 N–H and O–H groups in total. The van der Waals surface area contributed by atoms with Crippen LogP contribution in [0.2, 0.25) is 0 Å². The Kier molecular flexibility index (Phi) is 2.41. The molecular formula is C11H11NO3. The molecule has 0 fully saturated rings. The molecule has 1 atom stereocenters. The van der Waals surface area contributed by atoms with Crippen LogP contribution >= 0.6 is 0 Å². The van der Waals surface area contributed by atoms with E-state index in [0.717, 1.165) is 11.3 Å². The second-order valence-electron chi connectivity index (χ2n) is 3.43. The highest BCUT2D eigenvalue weighted by molar-refractivity contribution is 6.07. The molecule has 1 aromatic carbocycles. The molecule has 1 aromatic rings. The number of rotatable bonds is 1. The first-order valence-electron chi connectivity index (χ1n) is 4.69. The molecule has 0 radical (unpaired) electrons. The fourth-order valence-corrected chi connectivity index (χ4v) is 1.69. The third kappa shape index (κ3) is 1.70. The average molecular weight is 205 g/mol. The highest BCUT2D eigenvalue weighted by Gasteiger charge is 2.32. The van der Waals surface area contributed by atoms with E-state index >= 15 is 0 Å². The standard InChI is InChI=1S/C11H11NO3/c1-15-11(14)8-6-7-4-2-3-5-9(7)12-10(8)13/h2-5,8H,6H2,1H3,(H,12,13)/t8-/m1/s1. The summed E-state index contributed by atoms with van der Waals surface area (Å²) < 4.78 is 4.58. The maximum absolute atomic E-state index is 11.5. The Morgan fingerprint density at radius 1 is 1.47 bits per heavy atom. The Morgan fingerprint density at radius 2 is 2.20 bits per heavy atom. The summed E-state index contributed by atoms with van der Waals surface area (Å²) in [5.41, 5.74) is 1.75. The van der Waals surface area contributed by atoms with Crippen LogP contribution in [0.25, 0.3) is 0 Å². The van der Waals surface area contributed by atoms with Crippen LogP contribution in [-0.4, -0.2) is 19.0 Å². The molecular weight excluding hydrogens is 194 g/mol. The van der Waals surface area contributed by atoms with Crippen molar-refractivity contribution >= 4 is 17.6 Å². The third-order valence-corrected chi connectivity index (χ3v) is 2.50. The van der Waals surface area contributed by atoms with E-state index in [-0.39, 0.29) is 5.91 Å². The van der Waals surface area contributed by atoms with E-state index in [0.29, 0.717) is 6.42 Å². The molecule has 0 bridgehead atoms. The number of para-hydroxylation sites is 1. The number of nitrogens with one attached hydrogen (secondary N) is 1. The number of anilines is 1. The van der Waals surface area contributed by atoms with Gasteiger partial charge in [-0.3, -0.25) is 9.59 Å². The van der Waals surface area contributed by atoms with Crippen LogP contribution in [0.15, 0.2) is 24.3 Å². The predicted octanol–water partition coefficient (Wildman–Crippen LogP) is 0.970. The summed E-state index contributed by atoms with van der Waals surface area (Å²) in [7, 11) is 1.29. The van der Waals surface area contributed by atoms with E-state index in [1.54, 1.807) is 0 Å². The highest BCUT2D eigenvalue weighted by Crippen LogP contribution is 2.25. The van der Waals surface area contributed by atoms with Crippen molar-refractivity contribution in [2.75, 3.05) is 12.4 Å². The maximum Gasteiger partial charge on any atom is 0.318 e. The first kappa shape index (κ1) is 9.71. The third-order valence-electron chi connectivity index (χ3n) is 2.50. The lowest BCUT2D eigenvalue weighted by molar-refractivity contribution is -0.148. The number of amides is 1. The molecule has 1 heterocycles. The Morgan fingerprint density at radius 3 is 2.93 bits per heavy atom. The molecule has 4 heteroatoms. The Hall–Kier alpha value is -1.84. The number of methoxy groups -OCH3 is 1. The quantitative estimate of drug-likeness (QED) is 0.549. The van der Waals surface area contributed by atoms with E-state index < -0.39 is 11.9 Å². The lowest BCUT2D eigenvalue weighted by atomic mass is 9.93. The normalized spacial score (nSPS) is 19.0. The van der Waals surface area contributed by atoms with Crippen molar-refractivity contribution in [3.8, 4) is 0 Å². The molecule has 0 saturated carbocycles. The van der Waals surface area contributed by atoms with Crippen LogP contribution in [0.5, 0.6) is 0 Å². The molecule has 0 spiro atoms. The van der Waals surface area contributed by atoms with Gasteiger partial charge in [-0.05, 0) is 18.1 Å². The van der Waals surface area contributed by atoms with Gasteiger partial charge in [-0.25, -0.2) is 0 Å². The van der Waals surface area contributed by atoms with Gasteiger partial charge in [-0.15, -0.1) is 0 Å². The molecule has 4 nitrogen and oxygen atoms in total. The van der Waals surface area contributed by atoms with Crippen LogP contribution in [0, 0.1) is 5.92 Å². The average Bonchev–Trinajstić information content (AvgIpc) is 2.27. The molecule has 78 valence electrons. The number of carbonyl (C=O) groups is 2. The maximum atomic E-state index is 11.5. The fraction of sp³-hybridized carbons (Fsp3) is 0.273. The van der Waals surface area contributed by atoms with Crippen molar-refractivity contribution in [1.82, 2.24) is 0 Å². The summed E-state index contributed by atoms with van der Waals surface area (Å²) in [6.07, 6.45) is 0.411. The minimum atomic E-state index is -0.718. The summed E-state index contributed by atoms with van der Waals surface area (Å²) in [5.74, 6) is -1.49. The van der Waals surface area contributed by atoms with Crippen molar-refractivity contribution < 1.29 is 14.3 Å². The summed E-state index contributed by atoms with van der Waals surface area (Å²) in [6, 6.07) is 7.44. The summed E-state index contributed by atoms with van der Waals surface area (Å²) in [4.78, 5) is 22.8. The molecule has 0 unspecified atom stereocenters. The van der Waals surface area contributed by atoms with Crippen LogP contribution in [0.4, 0.5) is 5.69 Å². The monoisotopic (exact) mass is 205 g/mol. The lowest BCUT2D eigenvalue weighted by Crippen LogP contribution is -2.36. The molecule has 0 aromatic heterocycles. The summed E-state index contributed by atoms with van der Waals surface area (Å²) in [6.45, 7) is 0. The van der Waals surface area contributed by atoms with E-state index in [2.05, 4.69) is 10.1 Å². The fourth-order valence-electron chi connectivity index (χ4n) is 1.69. The van der Waals surface area contributed by atoms with Gasteiger partial charge in [0.2, 0.25) is 5.91 Å². The second kappa shape index (κ2) is 3.73. The largest absolute Gasteiger partial charge is 0.468 e. The first-order valence-corrected chi connectivity index (χ1v) is 4.69. The van der Waals surface area contributed by atoms with E-state index in [1.807, 2.05) is 24.3 Å². The zero-order valence-corrected chi connectivity index (χ0v) is 8.32. The molecule has 1 amide bonds. The van der Waals surface area contributed by atoms with Crippen LogP contribution < -0.4 is 5.32 Å². The van der Waals surface area contributed by atoms with E-state index in [1.165, 1.54) is 7.11 Å². The molecule has 2 rings (SSSR count). The van der Waals surface area contributed by atoms with E-state index in [9.17, 15) is 9.59 Å². The molecule has 0 saturated heterocycles. The van der Waals surface area contributed by atoms with Gasteiger partial charge in [-0.1, -0.05) is 18.2 Å². The number of carbonyl (C=O) groups excluding carboxylic acids is 2. The van der Waals surface area contributed by atoms with Crippen molar-refractivity contribution in [1.29, 1.82) is 0 Å². The van der Waals surface area contributed by atoms with Crippen molar-refractivity contribution in [2.45, 2.75) is 6.42 Å². The van der Waals surface area contributed by atoms with E-state index in [4.69, 9.17) is 0 Å². The number of benzene rings is 1. The first-order chi connectivity index (χ1) is 7.22. The van der Waals surface area contributed by atoms with Crippen molar-refractivity contribution in [3.63, 3.8) is 0 Å². The molecule has 1 aliphatic heterocycles. The van der Waals surface area contributed by atoms with Gasteiger partial charge in [0, 0.05) is 5.69 Å². The number of hydrogen-bond acceptors (Lipinski definition) is 3. The smallest absolute Gasteiger partial charge is 0.318 e. The zero-order chi connectivity index (χ0) is 10.8. The number of hydrogen-bond donors (Lipinski definition) is 1. The summed E-state index contributed by atoms with van der Waals surface area (Å²) in [5, 5.41) is 2.69. The van der Waals surface area contributed by atoms with Gasteiger partial charge < -0.3 is 10.1 Å². The number of esters is 1. The topological polar surface area (TPSA) is 55.4 Å². The van der Waals surface area contributed by atoms with Crippen LogP contribution in [0.3, 0.4) is 0 Å². The highest BCUT2D eigenvalue weighted by atomic mass is 16.5. The van der Waals surface area contributed by atoms with Crippen molar-refractivity contribution in [3.05, 3.63) is 29.8 Å². The Labute approximate surface area is 87.2 Å². The summed E-state index contributed by atoms with van der Waals surface area (Å²) >= 11 is 0. The Bertz CT molecular complexity index is 414. The van der Waals surface area contributed by atoms with Gasteiger partial charge in [0.05, 0.1) is 7.11 Å². The number of fused-ring (bicyclic) bond motifs is 1. The Balaban J connectivity index is 2.29. The molecule has 15 heavy (non-hydrogen) atoms. The molecule has 0 aliphatic carbocycles. The zero-order valence-electron chi connectivity index (χ0n) is 8.32. The second-order valence-corrected chi connectivity index (χ2v) is 3.43. The van der Waals surface area contributed by atoms with Crippen LogP contribution in [-0.2, 0) is 20.7 Å². The minimum absolute atomic E-state index is 0.291. The van der Waals surface area contributed by atoms with Gasteiger partial charge >= 0.3 is 5.97 Å². The van der Waals surface area contributed by atoms with Gasteiger partial charge in [0.25, 0.3) is 0 Å². The lowest BCUT2D eigenvalue weighted by Gasteiger charge is -2.22. The van der Waals surface area contributed by atoms with Gasteiger partial charge in [0.15, 0.2) is 0 Å².